The zero-order valence-electron chi connectivity index (χ0n) is 19.1. The summed E-state index contributed by atoms with van der Waals surface area (Å²) in [4.78, 5) is 20.8. The molecule has 0 radical (unpaired) electrons. The van der Waals surface area contributed by atoms with Crippen molar-refractivity contribution in [2.45, 2.75) is 38.8 Å². The summed E-state index contributed by atoms with van der Waals surface area (Å²) in [5, 5.41) is 1.02. The first-order chi connectivity index (χ1) is 15.8. The molecular formula is C26H30F3N3O. The van der Waals surface area contributed by atoms with Crippen molar-refractivity contribution in [1.82, 2.24) is 14.8 Å². The number of piperazine rings is 1. The van der Waals surface area contributed by atoms with Gasteiger partial charge in [-0.1, -0.05) is 44.2 Å². The maximum absolute atomic E-state index is 13.3. The van der Waals surface area contributed by atoms with Crippen molar-refractivity contribution in [2.24, 2.45) is 0 Å². The topological polar surface area (TPSA) is 39.3 Å². The van der Waals surface area contributed by atoms with Crippen LogP contribution in [0.3, 0.4) is 0 Å². The van der Waals surface area contributed by atoms with E-state index in [0.29, 0.717) is 18.7 Å². The number of carbonyl (C=O) groups is 1. The van der Waals surface area contributed by atoms with Crippen molar-refractivity contribution in [3.8, 4) is 0 Å². The van der Waals surface area contributed by atoms with E-state index >= 15 is 0 Å². The van der Waals surface area contributed by atoms with Gasteiger partial charge in [0, 0.05) is 55.6 Å². The molecule has 4 nitrogen and oxygen atoms in total. The molecule has 1 N–H and O–H groups in total. The summed E-state index contributed by atoms with van der Waals surface area (Å²) in [6.07, 6.45) is -1.39. The SMILES string of the molecule is CCc1cccc2c([C@H](CC(=O)N3CCN(CC)CC3)c3ccc(C(F)(F)F)cc3)c[nH]c12. The molecular weight excluding hydrogens is 427 g/mol. The number of rotatable bonds is 6. The van der Waals surface area contributed by atoms with Gasteiger partial charge in [0.05, 0.1) is 5.56 Å². The largest absolute Gasteiger partial charge is 0.416 e. The lowest BCUT2D eigenvalue weighted by Gasteiger charge is -2.35. The van der Waals surface area contributed by atoms with Crippen molar-refractivity contribution in [3.63, 3.8) is 0 Å². The maximum Gasteiger partial charge on any atom is 0.416 e. The van der Waals surface area contributed by atoms with Gasteiger partial charge in [-0.3, -0.25) is 4.79 Å². The Morgan fingerprint density at radius 2 is 1.73 bits per heavy atom. The van der Waals surface area contributed by atoms with Gasteiger partial charge in [0.2, 0.25) is 5.91 Å². The van der Waals surface area contributed by atoms with Crippen molar-refractivity contribution < 1.29 is 18.0 Å². The number of aryl methyl sites for hydroxylation is 1. The van der Waals surface area contributed by atoms with Gasteiger partial charge in [-0.15, -0.1) is 0 Å². The molecule has 1 saturated heterocycles. The summed E-state index contributed by atoms with van der Waals surface area (Å²) in [5.74, 6) is -0.290. The molecule has 0 spiro atoms. The van der Waals surface area contributed by atoms with Gasteiger partial charge >= 0.3 is 6.18 Å². The van der Waals surface area contributed by atoms with Crippen LogP contribution in [-0.4, -0.2) is 53.4 Å². The van der Waals surface area contributed by atoms with Crippen molar-refractivity contribution in [3.05, 3.63) is 70.9 Å². The molecule has 176 valence electrons. The van der Waals surface area contributed by atoms with Gasteiger partial charge in [0.15, 0.2) is 0 Å². The highest BCUT2D eigenvalue weighted by Crippen LogP contribution is 2.37. The average Bonchev–Trinajstić information content (AvgIpc) is 3.26. The van der Waals surface area contributed by atoms with Gasteiger partial charge in [-0.05, 0) is 41.8 Å². The fourth-order valence-electron chi connectivity index (χ4n) is 4.75. The number of aromatic nitrogens is 1. The minimum Gasteiger partial charge on any atom is -0.361 e. The molecule has 0 unspecified atom stereocenters. The molecule has 2 aromatic carbocycles. The Kier molecular flexibility index (Phi) is 6.79. The van der Waals surface area contributed by atoms with Gasteiger partial charge in [-0.2, -0.15) is 13.2 Å². The Labute approximate surface area is 192 Å². The first kappa shape index (κ1) is 23.4. The highest BCUT2D eigenvalue weighted by Gasteiger charge is 2.31. The first-order valence-corrected chi connectivity index (χ1v) is 11.6. The number of nitrogens with one attached hydrogen (secondary N) is 1. The average molecular weight is 458 g/mol. The molecule has 1 fully saturated rings. The number of hydrogen-bond acceptors (Lipinski definition) is 2. The lowest BCUT2D eigenvalue weighted by atomic mass is 9.87. The van der Waals surface area contributed by atoms with E-state index in [1.807, 2.05) is 23.2 Å². The number of fused-ring (bicyclic) bond motifs is 1. The number of amides is 1. The molecule has 1 aliphatic heterocycles. The quantitative estimate of drug-likeness (QED) is 0.536. The zero-order chi connectivity index (χ0) is 23.6. The van der Waals surface area contributed by atoms with Gasteiger partial charge in [0.1, 0.15) is 0 Å². The van der Waals surface area contributed by atoms with Crippen LogP contribution in [0.25, 0.3) is 10.9 Å². The van der Waals surface area contributed by atoms with Crippen molar-refractivity contribution >= 4 is 16.8 Å². The summed E-state index contributed by atoms with van der Waals surface area (Å²) >= 11 is 0. The van der Waals surface area contributed by atoms with Crippen molar-refractivity contribution in [1.29, 1.82) is 0 Å². The summed E-state index contributed by atoms with van der Waals surface area (Å²) in [7, 11) is 0. The van der Waals surface area contributed by atoms with Crippen LogP contribution in [-0.2, 0) is 17.4 Å². The summed E-state index contributed by atoms with van der Waals surface area (Å²) in [6.45, 7) is 8.22. The number of halogens is 3. The Balaban J connectivity index is 1.68. The van der Waals surface area contributed by atoms with E-state index in [4.69, 9.17) is 0 Å². The number of likely N-dealkylation sites (N-methyl/N-ethyl adjacent to an activating group) is 1. The molecule has 4 rings (SSSR count). The van der Waals surface area contributed by atoms with Gasteiger partial charge in [0.25, 0.3) is 0 Å². The molecule has 1 aromatic heterocycles. The molecule has 33 heavy (non-hydrogen) atoms. The summed E-state index contributed by atoms with van der Waals surface area (Å²) in [5.41, 5.74) is 3.18. The van der Waals surface area contributed by atoms with E-state index in [0.717, 1.165) is 54.7 Å². The van der Waals surface area contributed by atoms with Crippen LogP contribution in [0.15, 0.2) is 48.7 Å². The third kappa shape index (κ3) is 4.93. The smallest absolute Gasteiger partial charge is 0.361 e. The van der Waals surface area contributed by atoms with Crippen molar-refractivity contribution in [2.75, 3.05) is 32.7 Å². The number of benzene rings is 2. The third-order valence-electron chi connectivity index (χ3n) is 6.78. The second kappa shape index (κ2) is 9.59. The maximum atomic E-state index is 13.3. The third-order valence-corrected chi connectivity index (χ3v) is 6.78. The van der Waals surface area contributed by atoms with Crippen LogP contribution >= 0.6 is 0 Å². The predicted octanol–water partition coefficient (Wildman–Crippen LogP) is 5.44. The van der Waals surface area contributed by atoms with Crippen LogP contribution in [0.2, 0.25) is 0 Å². The first-order valence-electron chi connectivity index (χ1n) is 11.6. The van der Waals surface area contributed by atoms with Crippen LogP contribution in [0.5, 0.6) is 0 Å². The van der Waals surface area contributed by atoms with E-state index in [1.165, 1.54) is 17.7 Å². The van der Waals surface area contributed by atoms with E-state index in [2.05, 4.69) is 29.8 Å². The number of alkyl halides is 3. The molecule has 1 aliphatic rings. The van der Waals surface area contributed by atoms with Crippen LogP contribution in [0.1, 0.15) is 48.4 Å². The normalized spacial score (nSPS) is 16.3. The van der Waals surface area contributed by atoms with E-state index in [1.54, 1.807) is 0 Å². The minimum atomic E-state index is -4.39. The standard InChI is InChI=1S/C26H30F3N3O/c1-3-18-6-5-7-21-23(17-30-25(18)21)22(19-8-10-20(11-9-19)26(27,28)29)16-24(33)32-14-12-31(4-2)13-15-32/h5-11,17,22,30H,3-4,12-16H2,1-2H3/t22-/m1/s1. The zero-order valence-corrected chi connectivity index (χ0v) is 19.1. The molecule has 0 bridgehead atoms. The second-order valence-corrected chi connectivity index (χ2v) is 8.63. The second-order valence-electron chi connectivity index (χ2n) is 8.63. The predicted molar refractivity (Wildman–Crippen MR) is 124 cm³/mol. The monoisotopic (exact) mass is 457 g/mol. The Morgan fingerprint density at radius 1 is 1.03 bits per heavy atom. The molecule has 2 heterocycles. The van der Waals surface area contributed by atoms with Crippen LogP contribution in [0, 0.1) is 0 Å². The number of para-hydroxylation sites is 1. The number of aromatic amines is 1. The molecule has 3 aromatic rings. The number of hydrogen-bond donors (Lipinski definition) is 1. The summed E-state index contributed by atoms with van der Waals surface area (Å²) < 4.78 is 39.4. The van der Waals surface area contributed by atoms with E-state index in [-0.39, 0.29) is 18.2 Å². The van der Waals surface area contributed by atoms with Crippen LogP contribution in [0.4, 0.5) is 13.2 Å². The molecule has 0 saturated carbocycles. The van der Waals surface area contributed by atoms with E-state index < -0.39 is 11.7 Å². The fourth-order valence-corrected chi connectivity index (χ4v) is 4.75. The molecule has 7 heteroatoms. The Hall–Kier alpha value is -2.80. The molecule has 1 amide bonds. The minimum absolute atomic E-state index is 0.0386. The number of H-pyrrole nitrogens is 1. The highest BCUT2D eigenvalue weighted by molar-refractivity contribution is 5.88. The number of nitrogens with zero attached hydrogens (tertiary/aromatic N) is 2. The van der Waals surface area contributed by atoms with Crippen LogP contribution < -0.4 is 0 Å². The number of carbonyl (C=O) groups excluding carboxylic acids is 1. The molecule has 0 aliphatic carbocycles. The highest BCUT2D eigenvalue weighted by atomic mass is 19.4. The molecule has 1 atom stereocenters. The Bertz CT molecular complexity index is 1100. The van der Waals surface area contributed by atoms with E-state index in [9.17, 15) is 18.0 Å². The fraction of sp³-hybridized carbons (Fsp3) is 0.423. The van der Waals surface area contributed by atoms with Gasteiger partial charge < -0.3 is 14.8 Å². The lowest BCUT2D eigenvalue weighted by Crippen LogP contribution is -2.48. The Morgan fingerprint density at radius 3 is 2.33 bits per heavy atom. The lowest BCUT2D eigenvalue weighted by molar-refractivity contribution is -0.137. The van der Waals surface area contributed by atoms with Gasteiger partial charge in [-0.25, -0.2) is 0 Å². The summed E-state index contributed by atoms with van der Waals surface area (Å²) in [6, 6.07) is 11.3.